The minimum Gasteiger partial charge on any atom is -0.490 e. The summed E-state index contributed by atoms with van der Waals surface area (Å²) in [5.41, 5.74) is 2.40. The maximum atomic E-state index is 6.46. The molecule has 4 rings (SSSR count). The lowest BCUT2D eigenvalue weighted by molar-refractivity contribution is -0.0667. The third kappa shape index (κ3) is 5.05. The first-order valence-corrected chi connectivity index (χ1v) is 11.8. The smallest absolute Gasteiger partial charge is 0.124 e. The summed E-state index contributed by atoms with van der Waals surface area (Å²) in [6.07, 6.45) is 2.40. The molecule has 0 N–H and O–H groups in total. The number of likely N-dealkylation sites (tertiary alicyclic amines) is 1. The Bertz CT molecular complexity index is 817. The van der Waals surface area contributed by atoms with Gasteiger partial charge in [-0.2, -0.15) is 0 Å². The molecule has 0 unspecified atom stereocenters. The summed E-state index contributed by atoms with van der Waals surface area (Å²) in [7, 11) is 4.37. The van der Waals surface area contributed by atoms with E-state index >= 15 is 0 Å². The molecule has 0 spiro atoms. The summed E-state index contributed by atoms with van der Waals surface area (Å²) in [4.78, 5) is 4.96. The molecule has 2 atom stereocenters. The van der Waals surface area contributed by atoms with Crippen molar-refractivity contribution in [1.29, 1.82) is 0 Å². The highest BCUT2D eigenvalue weighted by molar-refractivity contribution is 9.11. The second-order valence-electron chi connectivity index (χ2n) is 8.15. The van der Waals surface area contributed by atoms with Crippen LogP contribution in [0.5, 0.6) is 5.75 Å². The Kier molecular flexibility index (Phi) is 6.97. The summed E-state index contributed by atoms with van der Waals surface area (Å²) < 4.78 is 14.6. The third-order valence-electron chi connectivity index (χ3n) is 6.00. The molecular weight excluding hydrogens is 496 g/mol. The minimum absolute atomic E-state index is 0.0126. The molecule has 6 heteroatoms. The number of hydrogen-bond acceptors (Lipinski definition) is 4. The molecule has 0 bridgehead atoms. The van der Waals surface area contributed by atoms with E-state index in [1.807, 2.05) is 12.1 Å². The van der Waals surface area contributed by atoms with Crippen LogP contribution in [0.15, 0.2) is 51.4 Å². The molecular formula is C23H28Br2N2O2. The molecule has 1 fully saturated rings. The van der Waals surface area contributed by atoms with Gasteiger partial charge in [-0.05, 0) is 56.8 Å². The van der Waals surface area contributed by atoms with Gasteiger partial charge in [0.25, 0.3) is 0 Å². The van der Waals surface area contributed by atoms with Crippen molar-refractivity contribution in [3.8, 4) is 5.75 Å². The van der Waals surface area contributed by atoms with Gasteiger partial charge in [-0.1, -0.05) is 50.1 Å². The molecule has 0 aliphatic carbocycles. The number of halogens is 2. The highest BCUT2D eigenvalue weighted by Gasteiger charge is 2.37. The van der Waals surface area contributed by atoms with Crippen LogP contribution in [0, 0.1) is 0 Å². The molecule has 2 aliphatic heterocycles. The van der Waals surface area contributed by atoms with Crippen LogP contribution in [0.2, 0.25) is 0 Å². The van der Waals surface area contributed by atoms with Gasteiger partial charge in [0, 0.05) is 33.6 Å². The van der Waals surface area contributed by atoms with Crippen LogP contribution in [-0.2, 0) is 11.3 Å². The first-order chi connectivity index (χ1) is 14.0. The number of fused-ring (bicyclic) bond motifs is 1. The van der Waals surface area contributed by atoms with Gasteiger partial charge < -0.3 is 14.4 Å². The van der Waals surface area contributed by atoms with Crippen LogP contribution in [0.25, 0.3) is 0 Å². The Morgan fingerprint density at radius 3 is 2.45 bits per heavy atom. The zero-order valence-electron chi connectivity index (χ0n) is 17.0. The van der Waals surface area contributed by atoms with E-state index < -0.39 is 0 Å². The Labute approximate surface area is 190 Å². The average molecular weight is 524 g/mol. The maximum absolute atomic E-state index is 6.46. The molecule has 2 aliphatic rings. The van der Waals surface area contributed by atoms with E-state index in [-0.39, 0.29) is 12.1 Å². The molecule has 2 aromatic carbocycles. The predicted molar refractivity (Wildman–Crippen MR) is 123 cm³/mol. The topological polar surface area (TPSA) is 24.9 Å². The lowest BCUT2D eigenvalue weighted by Crippen LogP contribution is -2.49. The summed E-state index contributed by atoms with van der Waals surface area (Å²) in [6.45, 7) is 3.33. The molecule has 0 amide bonds. The highest BCUT2D eigenvalue weighted by atomic mass is 79.9. The Morgan fingerprint density at radius 2 is 1.76 bits per heavy atom. The second kappa shape index (κ2) is 9.48. The highest BCUT2D eigenvalue weighted by Crippen LogP contribution is 2.39. The number of para-hydroxylation sites is 1. The van der Waals surface area contributed by atoms with Crippen molar-refractivity contribution in [2.24, 2.45) is 0 Å². The van der Waals surface area contributed by atoms with Gasteiger partial charge in [0.2, 0.25) is 0 Å². The van der Waals surface area contributed by atoms with Crippen molar-refractivity contribution in [2.75, 3.05) is 33.8 Å². The van der Waals surface area contributed by atoms with E-state index in [1.165, 1.54) is 18.4 Å². The van der Waals surface area contributed by atoms with Crippen LogP contribution in [0.1, 0.15) is 30.0 Å². The fraction of sp³-hybridized carbons (Fsp3) is 0.478. The number of piperidine rings is 1. The second-order valence-corrected chi connectivity index (χ2v) is 9.98. The zero-order valence-corrected chi connectivity index (χ0v) is 20.2. The Hall–Kier alpha value is -0.920. The van der Waals surface area contributed by atoms with E-state index in [0.29, 0.717) is 19.3 Å². The van der Waals surface area contributed by atoms with Gasteiger partial charge in [0.1, 0.15) is 18.5 Å². The van der Waals surface area contributed by atoms with Gasteiger partial charge in [0.15, 0.2) is 0 Å². The molecule has 2 heterocycles. The molecule has 0 aromatic heterocycles. The van der Waals surface area contributed by atoms with Gasteiger partial charge >= 0.3 is 0 Å². The number of ether oxygens (including phenoxy) is 2. The normalized spacial score (nSPS) is 23.1. The predicted octanol–water partition coefficient (Wildman–Crippen LogP) is 5.26. The van der Waals surface area contributed by atoms with Crippen molar-refractivity contribution in [2.45, 2.75) is 37.6 Å². The molecule has 4 nitrogen and oxygen atoms in total. The fourth-order valence-electron chi connectivity index (χ4n) is 4.47. The fourth-order valence-corrected chi connectivity index (χ4v) is 5.86. The van der Waals surface area contributed by atoms with Crippen molar-refractivity contribution in [3.05, 3.63) is 62.5 Å². The summed E-state index contributed by atoms with van der Waals surface area (Å²) in [5, 5.41) is 0. The van der Waals surface area contributed by atoms with Gasteiger partial charge in [-0.25, -0.2) is 0 Å². The van der Waals surface area contributed by atoms with Gasteiger partial charge in [-0.15, -0.1) is 0 Å². The number of nitrogens with zero attached hydrogens (tertiary/aromatic N) is 2. The lowest BCUT2D eigenvalue weighted by atomic mass is 9.93. The van der Waals surface area contributed by atoms with Crippen molar-refractivity contribution < 1.29 is 9.47 Å². The summed E-state index contributed by atoms with van der Waals surface area (Å²) >= 11 is 7.14. The van der Waals surface area contributed by atoms with Crippen molar-refractivity contribution in [3.63, 3.8) is 0 Å². The van der Waals surface area contributed by atoms with Crippen LogP contribution in [0.4, 0.5) is 0 Å². The third-order valence-corrected chi connectivity index (χ3v) is 6.92. The minimum atomic E-state index is 0.0126. The van der Waals surface area contributed by atoms with Crippen molar-refractivity contribution >= 4 is 31.9 Å². The molecule has 29 heavy (non-hydrogen) atoms. The van der Waals surface area contributed by atoms with Crippen LogP contribution >= 0.6 is 31.9 Å². The molecule has 0 radical (unpaired) electrons. The Balaban J connectivity index is 1.52. The number of hydrogen-bond donors (Lipinski definition) is 0. The first kappa shape index (κ1) is 21.3. The maximum Gasteiger partial charge on any atom is 0.124 e. The van der Waals surface area contributed by atoms with E-state index in [1.54, 1.807) is 0 Å². The number of benzene rings is 2. The molecule has 2 aromatic rings. The molecule has 1 saturated heterocycles. The van der Waals surface area contributed by atoms with Crippen LogP contribution < -0.4 is 4.74 Å². The lowest BCUT2D eigenvalue weighted by Gasteiger charge is -2.44. The SMILES string of the molecule is CN(C)C1CCN([C@H]2c3ccccc3OC[C@@H]2OCc2cc(Br)cc(Br)c2)CC1. The van der Waals surface area contributed by atoms with Gasteiger partial charge in [0.05, 0.1) is 12.6 Å². The van der Waals surface area contributed by atoms with E-state index in [2.05, 4.69) is 86.1 Å². The standard InChI is InChI=1S/C23H28Br2N2O2/c1-26(2)19-7-9-27(10-8-19)23-20-5-3-4-6-21(20)29-15-22(23)28-14-16-11-17(24)13-18(25)12-16/h3-6,11-13,19,22-23H,7-10,14-15H2,1-2H3/t22-,23-/m0/s1. The Morgan fingerprint density at radius 1 is 1.07 bits per heavy atom. The van der Waals surface area contributed by atoms with Crippen LogP contribution in [-0.4, -0.2) is 55.7 Å². The van der Waals surface area contributed by atoms with Crippen LogP contribution in [0.3, 0.4) is 0 Å². The molecule has 156 valence electrons. The zero-order chi connectivity index (χ0) is 20.4. The van der Waals surface area contributed by atoms with E-state index in [9.17, 15) is 0 Å². The van der Waals surface area contributed by atoms with E-state index in [0.717, 1.165) is 33.3 Å². The number of rotatable bonds is 5. The van der Waals surface area contributed by atoms with E-state index in [4.69, 9.17) is 9.47 Å². The first-order valence-electron chi connectivity index (χ1n) is 10.2. The summed E-state index contributed by atoms with van der Waals surface area (Å²) in [6, 6.07) is 15.6. The summed E-state index contributed by atoms with van der Waals surface area (Å²) in [5.74, 6) is 0.997. The van der Waals surface area contributed by atoms with Crippen molar-refractivity contribution in [1.82, 2.24) is 9.80 Å². The average Bonchev–Trinajstić information content (AvgIpc) is 2.71. The monoisotopic (exact) mass is 522 g/mol. The van der Waals surface area contributed by atoms with Gasteiger partial charge in [-0.3, -0.25) is 4.90 Å². The quantitative estimate of drug-likeness (QED) is 0.534. The largest absolute Gasteiger partial charge is 0.490 e. The molecule has 0 saturated carbocycles.